The summed E-state index contributed by atoms with van der Waals surface area (Å²) >= 11 is 10.0. The summed E-state index contributed by atoms with van der Waals surface area (Å²) in [6.07, 6.45) is 1.72. The number of aromatic nitrogens is 2. The highest BCUT2D eigenvalue weighted by atomic mass is 79.9. The van der Waals surface area contributed by atoms with Crippen LogP contribution >= 0.6 is 27.5 Å². The zero-order chi connectivity index (χ0) is 19.8. The third-order valence-corrected chi connectivity index (χ3v) is 6.35. The SMILES string of the molecule is CC(C)(C)OC(=O)N1[C@@H]2C[C@@H]2C[C@H]1c1nc2c(cc(Cl)c3cc(Br)ccc32)[nH]1. The number of amides is 1. The van der Waals surface area contributed by atoms with Gasteiger partial charge in [0.1, 0.15) is 11.4 Å². The van der Waals surface area contributed by atoms with E-state index in [2.05, 4.69) is 20.9 Å². The van der Waals surface area contributed by atoms with E-state index in [9.17, 15) is 4.79 Å². The molecule has 2 aliphatic rings. The van der Waals surface area contributed by atoms with Gasteiger partial charge in [-0.3, -0.25) is 4.90 Å². The Morgan fingerprint density at radius 1 is 1.29 bits per heavy atom. The Kier molecular flexibility index (Phi) is 3.98. The van der Waals surface area contributed by atoms with E-state index in [1.54, 1.807) is 0 Å². The van der Waals surface area contributed by atoms with E-state index in [1.807, 2.05) is 49.9 Å². The van der Waals surface area contributed by atoms with Crippen LogP contribution in [0.2, 0.25) is 5.02 Å². The maximum atomic E-state index is 12.8. The number of imidazole rings is 1. The smallest absolute Gasteiger partial charge is 0.411 e. The fraction of sp³-hybridized carbons (Fsp3) is 0.429. The number of piperidine rings is 1. The number of halogens is 2. The van der Waals surface area contributed by atoms with E-state index >= 15 is 0 Å². The number of nitrogens with zero attached hydrogens (tertiary/aromatic N) is 2. The molecule has 1 saturated heterocycles. The quantitative estimate of drug-likeness (QED) is 0.468. The molecule has 28 heavy (non-hydrogen) atoms. The molecular weight excluding hydrogens is 442 g/mol. The molecule has 5 rings (SSSR count). The normalized spacial score (nSPS) is 24.0. The second-order valence-electron chi connectivity index (χ2n) is 8.77. The van der Waals surface area contributed by atoms with E-state index in [-0.39, 0.29) is 18.2 Å². The van der Waals surface area contributed by atoms with E-state index in [0.29, 0.717) is 10.9 Å². The molecule has 146 valence electrons. The molecule has 1 aliphatic heterocycles. The Balaban J connectivity index is 1.57. The minimum atomic E-state index is -0.514. The van der Waals surface area contributed by atoms with Crippen LogP contribution in [0, 0.1) is 5.92 Å². The Labute approximate surface area is 176 Å². The van der Waals surface area contributed by atoms with Crippen LogP contribution in [0.1, 0.15) is 45.5 Å². The molecule has 2 heterocycles. The van der Waals surface area contributed by atoms with Gasteiger partial charge in [-0.15, -0.1) is 0 Å². The van der Waals surface area contributed by atoms with Crippen LogP contribution < -0.4 is 0 Å². The third kappa shape index (κ3) is 2.98. The van der Waals surface area contributed by atoms with E-state index in [4.69, 9.17) is 21.3 Å². The molecule has 0 spiro atoms. The van der Waals surface area contributed by atoms with Crippen LogP contribution in [-0.2, 0) is 4.74 Å². The Morgan fingerprint density at radius 3 is 2.82 bits per heavy atom. The fourth-order valence-electron chi connectivity index (χ4n) is 4.28. The molecular formula is C21H21BrClN3O2. The summed E-state index contributed by atoms with van der Waals surface area (Å²) in [4.78, 5) is 23.0. The average molecular weight is 463 g/mol. The van der Waals surface area contributed by atoms with Gasteiger partial charge in [0.2, 0.25) is 0 Å². The molecule has 2 aromatic carbocycles. The average Bonchev–Trinajstić information content (AvgIpc) is 3.06. The molecule has 1 amide bonds. The van der Waals surface area contributed by atoms with Gasteiger partial charge < -0.3 is 9.72 Å². The lowest BCUT2D eigenvalue weighted by Gasteiger charge is -2.29. The van der Waals surface area contributed by atoms with Gasteiger partial charge in [0, 0.05) is 21.3 Å². The second-order valence-corrected chi connectivity index (χ2v) is 10.1. The molecule has 1 N–H and O–H groups in total. The van der Waals surface area contributed by atoms with Gasteiger partial charge in [0.05, 0.1) is 22.1 Å². The highest BCUT2D eigenvalue weighted by Gasteiger charge is 2.56. The van der Waals surface area contributed by atoms with Crippen molar-refractivity contribution < 1.29 is 9.53 Å². The monoisotopic (exact) mass is 461 g/mol. The van der Waals surface area contributed by atoms with Crippen molar-refractivity contribution in [3.05, 3.63) is 39.6 Å². The molecule has 1 saturated carbocycles. The maximum absolute atomic E-state index is 12.8. The predicted octanol–water partition coefficient (Wildman–Crippen LogP) is 6.20. The Bertz CT molecular complexity index is 1120. The Hall–Kier alpha value is -1.79. The van der Waals surface area contributed by atoms with Gasteiger partial charge in [-0.1, -0.05) is 33.6 Å². The van der Waals surface area contributed by atoms with Crippen molar-refractivity contribution in [2.45, 2.75) is 51.3 Å². The topological polar surface area (TPSA) is 58.2 Å². The first kappa shape index (κ1) is 18.3. The zero-order valence-electron chi connectivity index (χ0n) is 15.9. The molecule has 0 bridgehead atoms. The van der Waals surface area contributed by atoms with Gasteiger partial charge in [0.15, 0.2) is 0 Å². The summed E-state index contributed by atoms with van der Waals surface area (Å²) < 4.78 is 6.64. The zero-order valence-corrected chi connectivity index (χ0v) is 18.3. The number of benzene rings is 2. The van der Waals surface area contributed by atoms with Crippen molar-refractivity contribution in [2.75, 3.05) is 0 Å². The summed E-state index contributed by atoms with van der Waals surface area (Å²) in [7, 11) is 0. The summed E-state index contributed by atoms with van der Waals surface area (Å²) in [5.74, 6) is 1.35. The lowest BCUT2D eigenvalue weighted by molar-refractivity contribution is 0.0175. The molecule has 1 aliphatic carbocycles. The highest BCUT2D eigenvalue weighted by molar-refractivity contribution is 9.10. The molecule has 3 aromatic rings. The van der Waals surface area contributed by atoms with Crippen LogP contribution in [0.5, 0.6) is 0 Å². The summed E-state index contributed by atoms with van der Waals surface area (Å²) in [6.45, 7) is 5.69. The summed E-state index contributed by atoms with van der Waals surface area (Å²) in [5, 5.41) is 2.64. The van der Waals surface area contributed by atoms with Gasteiger partial charge in [-0.2, -0.15) is 0 Å². The fourth-order valence-corrected chi connectivity index (χ4v) is 4.90. The molecule has 0 unspecified atom stereocenters. The van der Waals surface area contributed by atoms with Gasteiger partial charge in [-0.05, 0) is 57.7 Å². The predicted molar refractivity (Wildman–Crippen MR) is 114 cm³/mol. The second kappa shape index (κ2) is 6.10. The highest BCUT2D eigenvalue weighted by Crippen LogP contribution is 2.53. The molecule has 1 aromatic heterocycles. The lowest BCUT2D eigenvalue weighted by Crippen LogP contribution is -2.38. The minimum Gasteiger partial charge on any atom is -0.444 e. The van der Waals surface area contributed by atoms with Crippen LogP contribution in [0.15, 0.2) is 28.7 Å². The maximum Gasteiger partial charge on any atom is 0.411 e. The van der Waals surface area contributed by atoms with Gasteiger partial charge in [-0.25, -0.2) is 9.78 Å². The number of H-pyrrole nitrogens is 1. The first-order valence-electron chi connectivity index (χ1n) is 9.50. The van der Waals surface area contributed by atoms with Crippen LogP contribution in [0.4, 0.5) is 4.79 Å². The van der Waals surface area contributed by atoms with Crippen molar-refractivity contribution in [3.63, 3.8) is 0 Å². The molecule has 0 radical (unpaired) electrons. The molecule has 7 heteroatoms. The van der Waals surface area contributed by atoms with E-state index in [0.717, 1.165) is 44.9 Å². The van der Waals surface area contributed by atoms with Crippen molar-refractivity contribution in [3.8, 4) is 0 Å². The number of hydrogen-bond donors (Lipinski definition) is 1. The Morgan fingerprint density at radius 2 is 2.07 bits per heavy atom. The van der Waals surface area contributed by atoms with Crippen LogP contribution in [0.25, 0.3) is 21.8 Å². The summed E-state index contributed by atoms with van der Waals surface area (Å²) in [5.41, 5.74) is 1.26. The van der Waals surface area contributed by atoms with Gasteiger partial charge >= 0.3 is 6.09 Å². The summed E-state index contributed by atoms with van der Waals surface area (Å²) in [6, 6.07) is 8.11. The molecule has 5 nitrogen and oxygen atoms in total. The number of carbonyl (C=O) groups excluding carboxylic acids is 1. The number of rotatable bonds is 1. The lowest BCUT2D eigenvalue weighted by atomic mass is 10.1. The third-order valence-electron chi connectivity index (χ3n) is 5.54. The van der Waals surface area contributed by atoms with E-state index in [1.165, 1.54) is 0 Å². The van der Waals surface area contributed by atoms with E-state index < -0.39 is 5.60 Å². The molecule has 3 atom stereocenters. The van der Waals surface area contributed by atoms with Crippen molar-refractivity contribution in [1.82, 2.24) is 14.9 Å². The first-order chi connectivity index (χ1) is 13.2. The number of ether oxygens (including phenoxy) is 1. The number of carbonyl (C=O) groups is 1. The van der Waals surface area contributed by atoms with Crippen LogP contribution in [-0.4, -0.2) is 32.6 Å². The number of fused-ring (bicyclic) bond motifs is 4. The van der Waals surface area contributed by atoms with Crippen molar-refractivity contribution in [2.24, 2.45) is 5.92 Å². The number of aromatic amines is 1. The minimum absolute atomic E-state index is 0.0877. The standard InChI is InChI=1S/C21H21BrClN3O2/c1-21(2,3)28-20(27)26-16-6-10(16)7-17(26)19-24-15-9-14(23)13-8-11(22)4-5-12(13)18(15)25-19/h4-5,8-10,16-17H,6-7H2,1-3H3,(H,24,25)/t10-,16-,17+/m1/s1. The largest absolute Gasteiger partial charge is 0.444 e. The first-order valence-corrected chi connectivity index (χ1v) is 10.7. The molecule has 2 fully saturated rings. The van der Waals surface area contributed by atoms with Crippen molar-refractivity contribution in [1.29, 1.82) is 0 Å². The number of likely N-dealkylation sites (tertiary alicyclic amines) is 1. The van der Waals surface area contributed by atoms with Gasteiger partial charge in [0.25, 0.3) is 0 Å². The number of nitrogens with one attached hydrogen (secondary N) is 1. The number of hydrogen-bond acceptors (Lipinski definition) is 3. The van der Waals surface area contributed by atoms with Crippen LogP contribution in [0.3, 0.4) is 0 Å². The van der Waals surface area contributed by atoms with Crippen molar-refractivity contribution >= 4 is 55.4 Å².